The highest BCUT2D eigenvalue weighted by Gasteiger charge is 2.50. The van der Waals surface area contributed by atoms with Crippen LogP contribution in [-0.4, -0.2) is 55.6 Å². The largest absolute Gasteiger partial charge is 0.459 e. The minimum absolute atomic E-state index is 0.194. The highest BCUT2D eigenvalue weighted by atomic mass is 16.6. The van der Waals surface area contributed by atoms with Crippen molar-refractivity contribution in [1.82, 2.24) is 10.6 Å². The van der Waals surface area contributed by atoms with Crippen molar-refractivity contribution in [2.75, 3.05) is 13.2 Å². The molecule has 2 saturated heterocycles. The molecule has 2 N–H and O–H groups in total. The average molecular weight is 364 g/mol. The van der Waals surface area contributed by atoms with E-state index in [2.05, 4.69) is 10.6 Å². The number of ether oxygens (including phenoxy) is 3. The Morgan fingerprint density at radius 1 is 1.04 bits per heavy atom. The number of hydrogen-bond donors (Lipinski definition) is 2. The van der Waals surface area contributed by atoms with E-state index in [0.717, 1.165) is 25.7 Å². The van der Waals surface area contributed by atoms with E-state index in [0.29, 0.717) is 6.61 Å². The van der Waals surface area contributed by atoms with E-state index < -0.39 is 12.2 Å². The molecule has 0 aromatic carbocycles. The number of alkyl carbamates (subject to hydrolysis) is 1. The highest BCUT2D eigenvalue weighted by Crippen LogP contribution is 2.29. The lowest BCUT2D eigenvalue weighted by Gasteiger charge is -2.24. The first-order valence-electron chi connectivity index (χ1n) is 9.25. The van der Waals surface area contributed by atoms with Crippen LogP contribution in [0.5, 0.6) is 0 Å². The van der Waals surface area contributed by atoms with Gasteiger partial charge >= 0.3 is 6.09 Å². The maximum atomic E-state index is 12.1. The second-order valence-electron chi connectivity index (χ2n) is 7.08. The van der Waals surface area contributed by atoms with Gasteiger partial charge in [0.15, 0.2) is 11.9 Å². The maximum Gasteiger partial charge on any atom is 0.407 e. The predicted octanol–water partition coefficient (Wildman–Crippen LogP) is 1.60. The van der Waals surface area contributed by atoms with Crippen LogP contribution in [0.25, 0.3) is 0 Å². The van der Waals surface area contributed by atoms with Crippen molar-refractivity contribution in [3.05, 3.63) is 24.2 Å². The van der Waals surface area contributed by atoms with Gasteiger partial charge in [-0.05, 0) is 25.0 Å². The summed E-state index contributed by atoms with van der Waals surface area (Å²) in [4.78, 5) is 24.3. The molecular weight excluding hydrogens is 340 g/mol. The number of rotatable bonds is 4. The third-order valence-electron chi connectivity index (χ3n) is 5.25. The number of furan rings is 1. The van der Waals surface area contributed by atoms with Crippen molar-refractivity contribution in [3.63, 3.8) is 0 Å². The number of nitrogens with one attached hydrogen (secondary N) is 2. The fraction of sp³-hybridized carbons (Fsp3) is 0.667. The Bertz CT molecular complexity index is 628. The van der Waals surface area contributed by atoms with Gasteiger partial charge in [0.1, 0.15) is 12.2 Å². The molecular formula is C18H24N2O6. The van der Waals surface area contributed by atoms with Gasteiger partial charge in [-0.25, -0.2) is 4.79 Å². The number of hydrogen-bond acceptors (Lipinski definition) is 6. The third-order valence-corrected chi connectivity index (χ3v) is 5.25. The summed E-state index contributed by atoms with van der Waals surface area (Å²) in [7, 11) is 0. The third kappa shape index (κ3) is 3.71. The van der Waals surface area contributed by atoms with Crippen LogP contribution < -0.4 is 10.6 Å². The summed E-state index contributed by atoms with van der Waals surface area (Å²) in [5.74, 6) is -0.0710. The minimum atomic E-state index is -0.464. The van der Waals surface area contributed by atoms with Crippen molar-refractivity contribution in [2.45, 2.75) is 62.5 Å². The summed E-state index contributed by atoms with van der Waals surface area (Å²) >= 11 is 0. The van der Waals surface area contributed by atoms with E-state index in [1.165, 1.54) is 12.7 Å². The van der Waals surface area contributed by atoms with Crippen molar-refractivity contribution in [3.8, 4) is 0 Å². The van der Waals surface area contributed by atoms with Crippen molar-refractivity contribution in [2.24, 2.45) is 0 Å². The summed E-state index contributed by atoms with van der Waals surface area (Å²) in [6.07, 6.45) is 5.38. The molecule has 3 heterocycles. The Kier molecular flexibility index (Phi) is 5.12. The fourth-order valence-corrected chi connectivity index (χ4v) is 3.92. The van der Waals surface area contributed by atoms with Gasteiger partial charge in [0.2, 0.25) is 0 Å². The molecule has 4 rings (SSSR count). The standard InChI is InChI=1S/C18H24N2O6/c21-17(13-7-4-8-23-13)20-12-9-24-16-14(10-25-15(12)16)26-18(22)19-11-5-2-1-3-6-11/h4,7-8,11-12,14-16H,1-3,5-6,9-10H2,(H,19,22)(H,20,21). The SMILES string of the molecule is O=C(NC1CCCCC1)OC1COC2C(NC(=O)c3ccco3)COC12. The van der Waals surface area contributed by atoms with Crippen LogP contribution >= 0.6 is 0 Å². The van der Waals surface area contributed by atoms with E-state index in [4.69, 9.17) is 18.6 Å². The van der Waals surface area contributed by atoms with Crippen LogP contribution in [-0.2, 0) is 14.2 Å². The molecule has 1 aromatic rings. The molecule has 0 radical (unpaired) electrons. The smallest absolute Gasteiger partial charge is 0.407 e. The maximum absolute atomic E-state index is 12.1. The van der Waals surface area contributed by atoms with Gasteiger partial charge in [-0.3, -0.25) is 4.79 Å². The summed E-state index contributed by atoms with van der Waals surface area (Å²) in [6, 6.07) is 3.15. The molecule has 0 spiro atoms. The monoisotopic (exact) mass is 364 g/mol. The van der Waals surface area contributed by atoms with Gasteiger partial charge in [0, 0.05) is 6.04 Å². The predicted molar refractivity (Wildman–Crippen MR) is 89.7 cm³/mol. The van der Waals surface area contributed by atoms with Crippen molar-refractivity contribution in [1.29, 1.82) is 0 Å². The minimum Gasteiger partial charge on any atom is -0.459 e. The molecule has 2 amide bonds. The van der Waals surface area contributed by atoms with E-state index >= 15 is 0 Å². The van der Waals surface area contributed by atoms with Crippen LogP contribution in [0, 0.1) is 0 Å². The topological polar surface area (TPSA) is 99.0 Å². The zero-order chi connectivity index (χ0) is 17.9. The molecule has 8 heteroatoms. The Balaban J connectivity index is 1.27. The molecule has 3 aliphatic rings. The van der Waals surface area contributed by atoms with E-state index in [1.807, 2.05) is 0 Å². The van der Waals surface area contributed by atoms with Crippen LogP contribution in [0.4, 0.5) is 4.79 Å². The molecule has 3 fully saturated rings. The van der Waals surface area contributed by atoms with Crippen molar-refractivity contribution >= 4 is 12.0 Å². The molecule has 26 heavy (non-hydrogen) atoms. The molecule has 1 aliphatic carbocycles. The van der Waals surface area contributed by atoms with Gasteiger partial charge in [0.05, 0.1) is 25.5 Å². The lowest BCUT2D eigenvalue weighted by molar-refractivity contribution is 0.00259. The van der Waals surface area contributed by atoms with E-state index in [1.54, 1.807) is 12.1 Å². The summed E-state index contributed by atoms with van der Waals surface area (Å²) in [6.45, 7) is 0.576. The average Bonchev–Trinajstić information content (AvgIpc) is 3.36. The first-order valence-corrected chi connectivity index (χ1v) is 9.25. The quantitative estimate of drug-likeness (QED) is 0.842. The summed E-state index contributed by atoms with van der Waals surface area (Å²) in [5.41, 5.74) is 0. The van der Waals surface area contributed by atoms with Gasteiger partial charge < -0.3 is 29.3 Å². The van der Waals surface area contributed by atoms with Crippen molar-refractivity contribution < 1.29 is 28.2 Å². The summed E-state index contributed by atoms with van der Waals surface area (Å²) < 4.78 is 22.1. The fourth-order valence-electron chi connectivity index (χ4n) is 3.92. The number of carbonyl (C=O) groups excluding carboxylic acids is 2. The molecule has 142 valence electrons. The molecule has 1 saturated carbocycles. The van der Waals surface area contributed by atoms with E-state index in [-0.39, 0.29) is 42.6 Å². The Morgan fingerprint density at radius 3 is 2.62 bits per heavy atom. The molecule has 1 aromatic heterocycles. The van der Waals surface area contributed by atoms with Gasteiger partial charge in [-0.2, -0.15) is 0 Å². The molecule has 4 atom stereocenters. The van der Waals surface area contributed by atoms with Crippen LogP contribution in [0.3, 0.4) is 0 Å². The number of carbonyl (C=O) groups is 2. The van der Waals surface area contributed by atoms with Gasteiger partial charge in [-0.1, -0.05) is 19.3 Å². The molecule has 2 aliphatic heterocycles. The molecule has 4 unspecified atom stereocenters. The van der Waals surface area contributed by atoms with Gasteiger partial charge in [0.25, 0.3) is 5.91 Å². The highest BCUT2D eigenvalue weighted by molar-refractivity contribution is 5.91. The zero-order valence-electron chi connectivity index (χ0n) is 14.5. The first-order chi connectivity index (χ1) is 12.7. The lowest BCUT2D eigenvalue weighted by Crippen LogP contribution is -2.45. The van der Waals surface area contributed by atoms with Gasteiger partial charge in [-0.15, -0.1) is 0 Å². The molecule has 0 bridgehead atoms. The number of fused-ring (bicyclic) bond motifs is 1. The van der Waals surface area contributed by atoms with Crippen LogP contribution in [0.15, 0.2) is 22.8 Å². The Labute approximate surface area is 151 Å². The normalized spacial score (nSPS) is 31.4. The molecule has 8 nitrogen and oxygen atoms in total. The van der Waals surface area contributed by atoms with Crippen LogP contribution in [0.1, 0.15) is 42.7 Å². The first kappa shape index (κ1) is 17.4. The second kappa shape index (κ2) is 7.67. The second-order valence-corrected chi connectivity index (χ2v) is 7.08. The van der Waals surface area contributed by atoms with E-state index in [9.17, 15) is 9.59 Å². The Hall–Kier alpha value is -2.06. The summed E-state index contributed by atoms with van der Waals surface area (Å²) in [5, 5.41) is 5.79. The lowest BCUT2D eigenvalue weighted by atomic mass is 9.96. The number of amides is 2. The van der Waals surface area contributed by atoms with Crippen LogP contribution in [0.2, 0.25) is 0 Å². The zero-order valence-corrected chi connectivity index (χ0v) is 14.5. The Morgan fingerprint density at radius 2 is 1.85 bits per heavy atom.